The summed E-state index contributed by atoms with van der Waals surface area (Å²) >= 11 is 0. The maximum absolute atomic E-state index is 13.0. The van der Waals surface area contributed by atoms with Gasteiger partial charge < -0.3 is 33.5 Å². The van der Waals surface area contributed by atoms with Crippen LogP contribution in [-0.2, 0) is 47.6 Å². The summed E-state index contributed by atoms with van der Waals surface area (Å²) in [6.07, 6.45) is 28.6. The zero-order valence-electron chi connectivity index (χ0n) is 40.9. The van der Waals surface area contributed by atoms with Crippen LogP contribution in [0.1, 0.15) is 220 Å². The number of hydrogen-bond acceptors (Lipinski definition) is 13. The fraction of sp³-hybridized carbons (Fsp3) is 0.902. The molecule has 64 heavy (non-hydrogen) atoms. The molecule has 0 radical (unpaired) electrons. The average Bonchev–Trinajstić information content (AvgIpc) is 3.29. The van der Waals surface area contributed by atoms with Crippen LogP contribution in [0.3, 0.4) is 0 Å². The van der Waals surface area contributed by atoms with Gasteiger partial charge >= 0.3 is 30.0 Å². The summed E-state index contributed by atoms with van der Waals surface area (Å²) in [5.41, 5.74) is 0. The zero-order chi connectivity index (χ0) is 46.7. The summed E-state index contributed by atoms with van der Waals surface area (Å²) in [6, 6.07) is 0.361. The third-order valence-electron chi connectivity index (χ3n) is 12.1. The Morgan fingerprint density at radius 1 is 0.453 bits per heavy atom. The fourth-order valence-corrected chi connectivity index (χ4v) is 8.05. The molecule has 0 heterocycles. The van der Waals surface area contributed by atoms with Gasteiger partial charge in [-0.3, -0.25) is 24.1 Å². The molecule has 1 rings (SSSR count). The van der Waals surface area contributed by atoms with Gasteiger partial charge in [-0.05, 0) is 44.9 Å². The molecule has 0 aliphatic heterocycles. The number of hydrogen-bond donors (Lipinski definition) is 1. The Kier molecular flexibility index (Phi) is 39.4. The summed E-state index contributed by atoms with van der Waals surface area (Å²) < 4.78 is 33.1. The Hall–Kier alpha value is -2.93. The van der Waals surface area contributed by atoms with Crippen LogP contribution in [0.15, 0.2) is 0 Å². The standard InChI is InChI=1S/C51H93NO12/c1-4-7-10-13-14-15-16-17-20-26-33-49(56)62-41-45(43-64-51(58)59-38-36-52(35-37-53)46-29-22-21-23-30-46)42-63-50(57)34-27-28-44(39-60-47(54)31-24-18-11-8-5-2)40-61-48(55)32-25-19-12-9-6-3/h44-46,53H,4-43H2,1-3H3. The second-order valence-corrected chi connectivity index (χ2v) is 18.1. The van der Waals surface area contributed by atoms with Crippen LogP contribution in [0, 0.1) is 11.8 Å². The predicted molar refractivity (Wildman–Crippen MR) is 251 cm³/mol. The van der Waals surface area contributed by atoms with Crippen molar-refractivity contribution in [2.24, 2.45) is 11.8 Å². The van der Waals surface area contributed by atoms with Crippen LogP contribution in [0.25, 0.3) is 0 Å². The van der Waals surface area contributed by atoms with Gasteiger partial charge in [0.15, 0.2) is 0 Å². The van der Waals surface area contributed by atoms with Crippen LogP contribution in [0.2, 0.25) is 0 Å². The first-order valence-electron chi connectivity index (χ1n) is 26.0. The molecular formula is C51H93NO12. The van der Waals surface area contributed by atoms with Crippen molar-refractivity contribution in [1.29, 1.82) is 0 Å². The van der Waals surface area contributed by atoms with Gasteiger partial charge in [-0.25, -0.2) is 4.79 Å². The van der Waals surface area contributed by atoms with Gasteiger partial charge in [0, 0.05) is 50.7 Å². The maximum Gasteiger partial charge on any atom is 0.508 e. The molecule has 0 aromatic rings. The third kappa shape index (κ3) is 35.3. The second kappa shape index (κ2) is 42.7. The van der Waals surface area contributed by atoms with Gasteiger partial charge in [0.25, 0.3) is 0 Å². The molecule has 1 N–H and O–H groups in total. The highest BCUT2D eigenvalue weighted by Crippen LogP contribution is 2.22. The van der Waals surface area contributed by atoms with Crippen LogP contribution < -0.4 is 0 Å². The van der Waals surface area contributed by atoms with Crippen molar-refractivity contribution >= 4 is 30.0 Å². The van der Waals surface area contributed by atoms with Crippen molar-refractivity contribution in [2.75, 3.05) is 59.3 Å². The quantitative estimate of drug-likeness (QED) is 0.0349. The average molecular weight is 912 g/mol. The van der Waals surface area contributed by atoms with Crippen molar-refractivity contribution < 1.29 is 57.5 Å². The number of nitrogens with zero attached hydrogens (tertiary/aromatic N) is 1. The number of esters is 4. The van der Waals surface area contributed by atoms with Crippen LogP contribution in [-0.4, -0.2) is 105 Å². The van der Waals surface area contributed by atoms with Gasteiger partial charge in [0.2, 0.25) is 0 Å². The highest BCUT2D eigenvalue weighted by Gasteiger charge is 2.23. The molecule has 1 atom stereocenters. The van der Waals surface area contributed by atoms with Crippen LogP contribution in [0.5, 0.6) is 0 Å². The predicted octanol–water partition coefficient (Wildman–Crippen LogP) is 11.4. The molecular weight excluding hydrogens is 819 g/mol. The minimum Gasteiger partial charge on any atom is -0.465 e. The lowest BCUT2D eigenvalue weighted by atomic mass is 9.94. The molecule has 13 heteroatoms. The van der Waals surface area contributed by atoms with Gasteiger partial charge in [0.05, 0.1) is 25.7 Å². The van der Waals surface area contributed by atoms with E-state index in [2.05, 4.69) is 25.7 Å². The molecule has 0 amide bonds. The Balaban J connectivity index is 2.68. The Bertz CT molecular complexity index is 1130. The monoisotopic (exact) mass is 912 g/mol. The van der Waals surface area contributed by atoms with Crippen molar-refractivity contribution in [1.82, 2.24) is 4.90 Å². The third-order valence-corrected chi connectivity index (χ3v) is 12.1. The highest BCUT2D eigenvalue weighted by atomic mass is 16.7. The molecule has 1 unspecified atom stereocenters. The number of aliphatic hydroxyl groups is 1. The normalized spacial score (nSPS) is 13.5. The van der Waals surface area contributed by atoms with Crippen LogP contribution >= 0.6 is 0 Å². The molecule has 1 aliphatic rings. The van der Waals surface area contributed by atoms with Gasteiger partial charge in [-0.15, -0.1) is 0 Å². The van der Waals surface area contributed by atoms with Crippen molar-refractivity contribution in [3.8, 4) is 0 Å². The van der Waals surface area contributed by atoms with Gasteiger partial charge in [-0.1, -0.05) is 149 Å². The van der Waals surface area contributed by atoms with E-state index < -0.39 is 18.0 Å². The van der Waals surface area contributed by atoms with Crippen LogP contribution in [0.4, 0.5) is 4.79 Å². The lowest BCUT2D eigenvalue weighted by Crippen LogP contribution is -2.41. The van der Waals surface area contributed by atoms with E-state index in [4.69, 9.17) is 28.4 Å². The minimum atomic E-state index is -0.860. The lowest BCUT2D eigenvalue weighted by molar-refractivity contribution is -0.152. The summed E-state index contributed by atoms with van der Waals surface area (Å²) in [6.45, 7) is 7.49. The summed E-state index contributed by atoms with van der Waals surface area (Å²) in [5.74, 6) is -2.22. The minimum absolute atomic E-state index is 0.0311. The van der Waals surface area contributed by atoms with E-state index in [1.165, 1.54) is 51.4 Å². The summed E-state index contributed by atoms with van der Waals surface area (Å²) in [5, 5.41) is 9.58. The zero-order valence-corrected chi connectivity index (χ0v) is 40.9. The topological polar surface area (TPSA) is 164 Å². The molecule has 1 saturated carbocycles. The highest BCUT2D eigenvalue weighted by molar-refractivity contribution is 5.70. The molecule has 0 aromatic heterocycles. The van der Waals surface area contributed by atoms with E-state index in [0.717, 1.165) is 109 Å². The summed E-state index contributed by atoms with van der Waals surface area (Å²) in [7, 11) is 0. The van der Waals surface area contributed by atoms with Crippen molar-refractivity contribution in [3.63, 3.8) is 0 Å². The molecule has 13 nitrogen and oxygen atoms in total. The van der Waals surface area contributed by atoms with E-state index in [0.29, 0.717) is 51.2 Å². The first kappa shape index (κ1) is 59.1. The largest absolute Gasteiger partial charge is 0.508 e. The van der Waals surface area contributed by atoms with Crippen molar-refractivity contribution in [3.05, 3.63) is 0 Å². The number of rotatable bonds is 43. The number of carbonyl (C=O) groups excluding carboxylic acids is 5. The fourth-order valence-electron chi connectivity index (χ4n) is 8.05. The van der Waals surface area contributed by atoms with E-state index in [9.17, 15) is 29.1 Å². The number of aliphatic hydroxyl groups excluding tert-OH is 1. The Labute approximate surface area is 388 Å². The van der Waals surface area contributed by atoms with Gasteiger partial charge in [0.1, 0.15) is 26.4 Å². The SMILES string of the molecule is CCCCCCCCCCCCC(=O)OCC(COC(=O)CCCC(COC(=O)CCCCCCC)COC(=O)CCCCCCC)COC(=O)OCCN(CCO)C1CCCCC1. The molecule has 0 spiro atoms. The van der Waals surface area contributed by atoms with E-state index >= 15 is 0 Å². The van der Waals surface area contributed by atoms with E-state index in [1.807, 2.05) is 0 Å². The van der Waals surface area contributed by atoms with E-state index in [-0.39, 0.29) is 76.5 Å². The molecule has 1 fully saturated rings. The molecule has 0 bridgehead atoms. The smallest absolute Gasteiger partial charge is 0.465 e. The molecule has 374 valence electrons. The first-order chi connectivity index (χ1) is 31.2. The Morgan fingerprint density at radius 3 is 1.25 bits per heavy atom. The number of ether oxygens (including phenoxy) is 6. The summed E-state index contributed by atoms with van der Waals surface area (Å²) in [4.78, 5) is 65.4. The second-order valence-electron chi connectivity index (χ2n) is 18.1. The number of unbranched alkanes of at least 4 members (excludes halogenated alkanes) is 17. The van der Waals surface area contributed by atoms with Crippen molar-refractivity contribution in [2.45, 2.75) is 226 Å². The first-order valence-corrected chi connectivity index (χ1v) is 26.0. The molecule has 1 aliphatic carbocycles. The maximum atomic E-state index is 13.0. The lowest BCUT2D eigenvalue weighted by Gasteiger charge is -2.33. The number of carbonyl (C=O) groups is 5. The van der Waals surface area contributed by atoms with E-state index in [1.54, 1.807) is 0 Å². The Morgan fingerprint density at radius 2 is 0.828 bits per heavy atom. The van der Waals surface area contributed by atoms with Gasteiger partial charge in [-0.2, -0.15) is 0 Å². The molecule has 0 saturated heterocycles. The molecule has 0 aromatic carbocycles.